The fourth-order valence-electron chi connectivity index (χ4n) is 1.43. The van der Waals surface area contributed by atoms with E-state index in [2.05, 4.69) is 27.7 Å². The van der Waals surface area contributed by atoms with Crippen LogP contribution in [-0.2, 0) is 19.1 Å². The molecule has 18 heavy (non-hydrogen) atoms. The Bertz CT molecular complexity index is 220. The first-order chi connectivity index (χ1) is 8.43. The second-order valence-corrected chi connectivity index (χ2v) is 5.34. The third-order valence-corrected chi connectivity index (χ3v) is 2.48. The molecule has 0 unspecified atom stereocenters. The van der Waals surface area contributed by atoms with Gasteiger partial charge in [-0.05, 0) is 37.5 Å². The Balaban J connectivity index is 3.55. The lowest BCUT2D eigenvalue weighted by atomic mass is 10.1. The minimum Gasteiger partial charge on any atom is -0.457 e. The quantitative estimate of drug-likeness (QED) is 0.381. The van der Waals surface area contributed by atoms with E-state index in [-0.39, 0.29) is 13.2 Å². The van der Waals surface area contributed by atoms with E-state index in [1.807, 2.05) is 0 Å². The van der Waals surface area contributed by atoms with Crippen LogP contribution in [0.15, 0.2) is 0 Å². The smallest absolute Gasteiger partial charge is 0.417 e. The summed E-state index contributed by atoms with van der Waals surface area (Å²) in [5, 5.41) is 0. The van der Waals surface area contributed by atoms with Crippen LogP contribution in [0.5, 0.6) is 0 Å². The number of carbonyl (C=O) groups is 2. The van der Waals surface area contributed by atoms with Crippen LogP contribution in [0.1, 0.15) is 53.4 Å². The molecule has 0 radical (unpaired) electrons. The predicted molar refractivity (Wildman–Crippen MR) is 70.1 cm³/mol. The van der Waals surface area contributed by atoms with E-state index in [1.165, 1.54) is 0 Å². The SMILES string of the molecule is CC(C)CCCOC(=O)C(=O)OCCCC(C)C. The molecule has 0 heterocycles. The summed E-state index contributed by atoms with van der Waals surface area (Å²) in [7, 11) is 0. The van der Waals surface area contributed by atoms with Gasteiger partial charge >= 0.3 is 11.9 Å². The fourth-order valence-corrected chi connectivity index (χ4v) is 1.43. The van der Waals surface area contributed by atoms with Gasteiger partial charge in [0.15, 0.2) is 0 Å². The van der Waals surface area contributed by atoms with E-state index in [0.717, 1.165) is 25.7 Å². The average molecular weight is 258 g/mol. The van der Waals surface area contributed by atoms with Crippen molar-refractivity contribution in [2.75, 3.05) is 13.2 Å². The van der Waals surface area contributed by atoms with Crippen LogP contribution in [0, 0.1) is 11.8 Å². The number of carbonyl (C=O) groups excluding carboxylic acids is 2. The maximum Gasteiger partial charge on any atom is 0.417 e. The number of ether oxygens (including phenoxy) is 2. The van der Waals surface area contributed by atoms with Crippen LogP contribution in [0.25, 0.3) is 0 Å². The Morgan fingerprint density at radius 1 is 0.778 bits per heavy atom. The highest BCUT2D eigenvalue weighted by Gasteiger charge is 2.16. The van der Waals surface area contributed by atoms with E-state index >= 15 is 0 Å². The minimum absolute atomic E-state index is 0.290. The maximum absolute atomic E-state index is 11.2. The molecule has 0 aliphatic heterocycles. The molecule has 0 aromatic carbocycles. The molecule has 0 saturated carbocycles. The molecule has 0 aliphatic carbocycles. The van der Waals surface area contributed by atoms with Crippen molar-refractivity contribution in [3.8, 4) is 0 Å². The number of rotatable bonds is 8. The largest absolute Gasteiger partial charge is 0.457 e. The maximum atomic E-state index is 11.2. The predicted octanol–water partition coefficient (Wildman–Crippen LogP) is 2.95. The Kier molecular flexibility index (Phi) is 9.33. The Hall–Kier alpha value is -1.06. The van der Waals surface area contributed by atoms with E-state index < -0.39 is 11.9 Å². The van der Waals surface area contributed by atoms with Gasteiger partial charge in [0.1, 0.15) is 0 Å². The molecule has 4 heteroatoms. The van der Waals surface area contributed by atoms with Gasteiger partial charge in [-0.25, -0.2) is 9.59 Å². The van der Waals surface area contributed by atoms with Gasteiger partial charge in [-0.1, -0.05) is 27.7 Å². The molecule has 0 saturated heterocycles. The number of hydrogen-bond donors (Lipinski definition) is 0. The summed E-state index contributed by atoms with van der Waals surface area (Å²) in [5.74, 6) is -0.593. The zero-order chi connectivity index (χ0) is 14.0. The van der Waals surface area contributed by atoms with Gasteiger partial charge in [0, 0.05) is 0 Å². The van der Waals surface area contributed by atoms with Gasteiger partial charge < -0.3 is 9.47 Å². The summed E-state index contributed by atoms with van der Waals surface area (Å²) in [5.41, 5.74) is 0. The third-order valence-electron chi connectivity index (χ3n) is 2.48. The van der Waals surface area contributed by atoms with Crippen molar-refractivity contribution in [1.82, 2.24) is 0 Å². The van der Waals surface area contributed by atoms with Crippen LogP contribution < -0.4 is 0 Å². The van der Waals surface area contributed by atoms with Crippen LogP contribution in [-0.4, -0.2) is 25.2 Å². The molecule has 0 atom stereocenters. The first-order valence-corrected chi connectivity index (χ1v) is 6.77. The lowest BCUT2D eigenvalue weighted by Gasteiger charge is -2.07. The molecular weight excluding hydrogens is 232 g/mol. The van der Waals surface area contributed by atoms with Crippen molar-refractivity contribution in [2.24, 2.45) is 11.8 Å². The summed E-state index contributed by atoms with van der Waals surface area (Å²) in [4.78, 5) is 22.4. The molecular formula is C14H26O4. The topological polar surface area (TPSA) is 52.6 Å². The summed E-state index contributed by atoms with van der Waals surface area (Å²) in [6.07, 6.45) is 3.53. The normalized spacial score (nSPS) is 10.8. The van der Waals surface area contributed by atoms with E-state index in [0.29, 0.717) is 11.8 Å². The van der Waals surface area contributed by atoms with Gasteiger partial charge in [0.05, 0.1) is 13.2 Å². The molecule has 106 valence electrons. The Morgan fingerprint density at radius 2 is 1.11 bits per heavy atom. The zero-order valence-electron chi connectivity index (χ0n) is 12.0. The van der Waals surface area contributed by atoms with Crippen molar-refractivity contribution in [2.45, 2.75) is 53.4 Å². The van der Waals surface area contributed by atoms with Gasteiger partial charge in [0.25, 0.3) is 0 Å². The summed E-state index contributed by atoms with van der Waals surface area (Å²) >= 11 is 0. The number of hydrogen-bond acceptors (Lipinski definition) is 4. The zero-order valence-corrected chi connectivity index (χ0v) is 12.0. The molecule has 0 aromatic heterocycles. The molecule has 0 aromatic rings. The molecule has 0 N–H and O–H groups in total. The first-order valence-electron chi connectivity index (χ1n) is 6.77. The van der Waals surface area contributed by atoms with Gasteiger partial charge in [-0.2, -0.15) is 0 Å². The van der Waals surface area contributed by atoms with Crippen molar-refractivity contribution in [3.63, 3.8) is 0 Å². The standard InChI is InChI=1S/C14H26O4/c1-11(2)7-5-9-17-13(15)14(16)18-10-6-8-12(3)4/h11-12H,5-10H2,1-4H3. The second kappa shape index (κ2) is 9.92. The van der Waals surface area contributed by atoms with Crippen LogP contribution in [0.4, 0.5) is 0 Å². The van der Waals surface area contributed by atoms with Crippen molar-refractivity contribution in [3.05, 3.63) is 0 Å². The highest BCUT2D eigenvalue weighted by atomic mass is 16.6. The van der Waals surface area contributed by atoms with Crippen molar-refractivity contribution < 1.29 is 19.1 Å². The molecule has 0 amide bonds. The third kappa shape index (κ3) is 10.1. The molecule has 0 fully saturated rings. The number of esters is 2. The highest BCUT2D eigenvalue weighted by Crippen LogP contribution is 2.04. The summed E-state index contributed by atoms with van der Waals surface area (Å²) in [6.45, 7) is 8.99. The molecule has 0 spiro atoms. The van der Waals surface area contributed by atoms with Crippen molar-refractivity contribution >= 4 is 11.9 Å². The average Bonchev–Trinajstić information content (AvgIpc) is 2.29. The van der Waals surface area contributed by atoms with Gasteiger partial charge in [0.2, 0.25) is 0 Å². The Morgan fingerprint density at radius 3 is 1.39 bits per heavy atom. The van der Waals surface area contributed by atoms with Gasteiger partial charge in [-0.15, -0.1) is 0 Å². The molecule has 0 rings (SSSR count). The molecule has 0 aliphatic rings. The highest BCUT2D eigenvalue weighted by molar-refractivity contribution is 6.29. The first kappa shape index (κ1) is 16.9. The van der Waals surface area contributed by atoms with Crippen LogP contribution >= 0.6 is 0 Å². The van der Waals surface area contributed by atoms with Crippen LogP contribution in [0.2, 0.25) is 0 Å². The fraction of sp³-hybridized carbons (Fsp3) is 0.857. The van der Waals surface area contributed by atoms with Crippen molar-refractivity contribution in [1.29, 1.82) is 0 Å². The monoisotopic (exact) mass is 258 g/mol. The Labute approximate surface area is 110 Å². The molecule has 0 bridgehead atoms. The van der Waals surface area contributed by atoms with E-state index in [4.69, 9.17) is 9.47 Å². The van der Waals surface area contributed by atoms with E-state index in [9.17, 15) is 9.59 Å². The lowest BCUT2D eigenvalue weighted by molar-refractivity contribution is -0.167. The van der Waals surface area contributed by atoms with Gasteiger partial charge in [-0.3, -0.25) is 0 Å². The molecule has 4 nitrogen and oxygen atoms in total. The minimum atomic E-state index is -0.872. The summed E-state index contributed by atoms with van der Waals surface area (Å²) < 4.78 is 9.64. The van der Waals surface area contributed by atoms with E-state index in [1.54, 1.807) is 0 Å². The lowest BCUT2D eigenvalue weighted by Crippen LogP contribution is -2.21. The second-order valence-electron chi connectivity index (χ2n) is 5.34. The summed E-state index contributed by atoms with van der Waals surface area (Å²) in [6, 6.07) is 0. The van der Waals surface area contributed by atoms with Crippen LogP contribution in [0.3, 0.4) is 0 Å².